The van der Waals surface area contributed by atoms with Gasteiger partial charge in [0, 0.05) is 37.2 Å². The Kier molecular flexibility index (Phi) is 7.57. The van der Waals surface area contributed by atoms with E-state index in [1.165, 1.54) is 22.6 Å². The van der Waals surface area contributed by atoms with E-state index in [2.05, 4.69) is 27.3 Å². The molecule has 7 nitrogen and oxygen atoms in total. The lowest BCUT2D eigenvalue weighted by atomic mass is 10.2. The summed E-state index contributed by atoms with van der Waals surface area (Å²) in [5.41, 5.74) is 3.03. The van der Waals surface area contributed by atoms with Crippen LogP contribution >= 0.6 is 11.3 Å². The first-order chi connectivity index (χ1) is 16.1. The van der Waals surface area contributed by atoms with Crippen molar-refractivity contribution in [2.75, 3.05) is 37.6 Å². The minimum atomic E-state index is -0.206. The van der Waals surface area contributed by atoms with Crippen molar-refractivity contribution < 1.29 is 14.3 Å². The second kappa shape index (κ2) is 11.0. The number of aryl methyl sites for hydroxylation is 1. The molecule has 0 atom stereocenters. The SMILES string of the molecule is Cc1ccc(OCc2nc(CC(=O)NCC(=O)N3CCN(c4ccccc4)CC3)cs2)cc1. The van der Waals surface area contributed by atoms with Gasteiger partial charge in [-0.2, -0.15) is 0 Å². The molecule has 172 valence electrons. The molecule has 2 aromatic carbocycles. The van der Waals surface area contributed by atoms with Crippen molar-refractivity contribution in [3.05, 3.63) is 76.2 Å². The molecule has 8 heteroatoms. The van der Waals surface area contributed by atoms with Crippen LogP contribution < -0.4 is 15.0 Å². The first kappa shape index (κ1) is 22.8. The number of para-hydroxylation sites is 1. The van der Waals surface area contributed by atoms with Crippen molar-refractivity contribution in [2.24, 2.45) is 0 Å². The Hall–Kier alpha value is -3.39. The van der Waals surface area contributed by atoms with Crippen molar-refractivity contribution in [3.63, 3.8) is 0 Å². The highest BCUT2D eigenvalue weighted by molar-refractivity contribution is 7.09. The number of amides is 2. The fourth-order valence-corrected chi connectivity index (χ4v) is 4.35. The van der Waals surface area contributed by atoms with E-state index >= 15 is 0 Å². The van der Waals surface area contributed by atoms with Crippen LogP contribution in [0.5, 0.6) is 5.75 Å². The van der Waals surface area contributed by atoms with Gasteiger partial charge < -0.3 is 19.9 Å². The van der Waals surface area contributed by atoms with Crippen LogP contribution in [0.2, 0.25) is 0 Å². The lowest BCUT2D eigenvalue weighted by Gasteiger charge is -2.36. The number of thiazole rings is 1. The summed E-state index contributed by atoms with van der Waals surface area (Å²) in [6.45, 7) is 5.29. The van der Waals surface area contributed by atoms with Crippen molar-refractivity contribution in [1.82, 2.24) is 15.2 Å². The van der Waals surface area contributed by atoms with Crippen LogP contribution in [-0.4, -0.2) is 54.4 Å². The summed E-state index contributed by atoms with van der Waals surface area (Å²) in [4.78, 5) is 33.4. The Bertz CT molecular complexity index is 1060. The fourth-order valence-electron chi connectivity index (χ4n) is 3.64. The Morgan fingerprint density at radius 2 is 1.76 bits per heavy atom. The van der Waals surface area contributed by atoms with E-state index in [9.17, 15) is 9.59 Å². The summed E-state index contributed by atoms with van der Waals surface area (Å²) in [7, 11) is 0. The third kappa shape index (κ3) is 6.55. The van der Waals surface area contributed by atoms with Gasteiger partial charge in [-0.3, -0.25) is 9.59 Å². The van der Waals surface area contributed by atoms with E-state index in [4.69, 9.17) is 4.74 Å². The highest BCUT2D eigenvalue weighted by Gasteiger charge is 2.21. The Morgan fingerprint density at radius 1 is 1.03 bits per heavy atom. The Labute approximate surface area is 198 Å². The van der Waals surface area contributed by atoms with Crippen LogP contribution in [0.4, 0.5) is 5.69 Å². The summed E-state index contributed by atoms with van der Waals surface area (Å²) in [6.07, 6.45) is 0.149. The molecule has 1 aliphatic heterocycles. The zero-order chi connectivity index (χ0) is 23.0. The maximum atomic E-state index is 12.5. The van der Waals surface area contributed by atoms with Crippen LogP contribution in [0.25, 0.3) is 0 Å². The van der Waals surface area contributed by atoms with E-state index in [0.717, 1.165) is 23.8 Å². The molecule has 33 heavy (non-hydrogen) atoms. The fraction of sp³-hybridized carbons (Fsp3) is 0.320. The second-order valence-corrected chi connectivity index (χ2v) is 8.93. The number of carbonyl (C=O) groups is 2. The minimum absolute atomic E-state index is 0.0116. The van der Waals surface area contributed by atoms with E-state index in [-0.39, 0.29) is 24.8 Å². The zero-order valence-corrected chi connectivity index (χ0v) is 19.5. The van der Waals surface area contributed by atoms with Gasteiger partial charge in [-0.25, -0.2) is 4.98 Å². The third-order valence-electron chi connectivity index (χ3n) is 5.51. The number of aromatic nitrogens is 1. The van der Waals surface area contributed by atoms with Gasteiger partial charge in [0.2, 0.25) is 11.8 Å². The normalized spacial score (nSPS) is 13.6. The number of carbonyl (C=O) groups excluding carboxylic acids is 2. The first-order valence-corrected chi connectivity index (χ1v) is 11.9. The van der Waals surface area contributed by atoms with Crippen LogP contribution in [0.3, 0.4) is 0 Å². The Balaban J connectivity index is 1.17. The molecule has 0 spiro atoms. The lowest BCUT2D eigenvalue weighted by molar-refractivity contribution is -0.133. The molecule has 2 amide bonds. The molecule has 0 aliphatic carbocycles. The number of hydrogen-bond donors (Lipinski definition) is 1. The molecule has 1 saturated heterocycles. The average Bonchev–Trinajstić information content (AvgIpc) is 3.30. The van der Waals surface area contributed by atoms with Gasteiger partial charge in [-0.15, -0.1) is 11.3 Å². The molecule has 2 heterocycles. The summed E-state index contributed by atoms with van der Waals surface area (Å²) in [5, 5.41) is 5.40. The van der Waals surface area contributed by atoms with Crippen LogP contribution in [0, 0.1) is 6.92 Å². The standard InChI is InChI=1S/C25H28N4O3S/c1-19-7-9-22(10-8-19)32-17-24-27-20(18-33-24)15-23(30)26-16-25(31)29-13-11-28(12-14-29)21-5-3-2-4-6-21/h2-10,18H,11-17H2,1H3,(H,26,30). The highest BCUT2D eigenvalue weighted by atomic mass is 32.1. The van der Waals surface area contributed by atoms with Crippen LogP contribution in [0.15, 0.2) is 60.0 Å². The molecule has 3 aromatic rings. The van der Waals surface area contributed by atoms with Crippen molar-refractivity contribution in [3.8, 4) is 5.75 Å². The topological polar surface area (TPSA) is 74.8 Å². The quantitative estimate of drug-likeness (QED) is 0.555. The number of hydrogen-bond acceptors (Lipinski definition) is 6. The monoisotopic (exact) mass is 464 g/mol. The molecular weight excluding hydrogens is 436 g/mol. The van der Waals surface area contributed by atoms with Gasteiger partial charge in [0.15, 0.2) is 0 Å². The number of rotatable bonds is 8. The second-order valence-electron chi connectivity index (χ2n) is 7.99. The molecule has 1 N–H and O–H groups in total. The molecular formula is C25H28N4O3S. The third-order valence-corrected chi connectivity index (χ3v) is 6.39. The molecule has 1 aromatic heterocycles. The largest absolute Gasteiger partial charge is 0.486 e. The lowest BCUT2D eigenvalue weighted by Crippen LogP contribution is -2.51. The van der Waals surface area contributed by atoms with Gasteiger partial charge in [0.05, 0.1) is 18.7 Å². The summed E-state index contributed by atoms with van der Waals surface area (Å²) in [6, 6.07) is 18.0. The van der Waals surface area contributed by atoms with Gasteiger partial charge in [0.1, 0.15) is 17.4 Å². The number of ether oxygens (including phenoxy) is 1. The van der Waals surface area contributed by atoms with E-state index < -0.39 is 0 Å². The van der Waals surface area contributed by atoms with E-state index in [0.29, 0.717) is 25.4 Å². The van der Waals surface area contributed by atoms with Gasteiger partial charge in [-0.05, 0) is 31.2 Å². The maximum Gasteiger partial charge on any atom is 0.242 e. The Morgan fingerprint density at radius 3 is 2.48 bits per heavy atom. The summed E-state index contributed by atoms with van der Waals surface area (Å²) in [5.74, 6) is 0.530. The number of anilines is 1. The van der Waals surface area contributed by atoms with E-state index in [1.54, 1.807) is 0 Å². The van der Waals surface area contributed by atoms with Crippen molar-refractivity contribution in [2.45, 2.75) is 20.0 Å². The summed E-state index contributed by atoms with van der Waals surface area (Å²) >= 11 is 1.46. The van der Waals surface area contributed by atoms with Crippen molar-refractivity contribution in [1.29, 1.82) is 0 Å². The molecule has 4 rings (SSSR count). The first-order valence-electron chi connectivity index (χ1n) is 11.0. The highest BCUT2D eigenvalue weighted by Crippen LogP contribution is 2.17. The average molecular weight is 465 g/mol. The van der Waals surface area contributed by atoms with Gasteiger partial charge in [-0.1, -0.05) is 35.9 Å². The zero-order valence-electron chi connectivity index (χ0n) is 18.7. The predicted molar refractivity (Wildman–Crippen MR) is 130 cm³/mol. The maximum absolute atomic E-state index is 12.5. The molecule has 1 aliphatic rings. The smallest absolute Gasteiger partial charge is 0.242 e. The minimum Gasteiger partial charge on any atom is -0.486 e. The number of nitrogens with one attached hydrogen (secondary N) is 1. The van der Waals surface area contributed by atoms with Gasteiger partial charge >= 0.3 is 0 Å². The van der Waals surface area contributed by atoms with E-state index in [1.807, 2.05) is 59.7 Å². The molecule has 1 fully saturated rings. The summed E-state index contributed by atoms with van der Waals surface area (Å²) < 4.78 is 5.74. The molecule has 0 radical (unpaired) electrons. The van der Waals surface area contributed by atoms with Gasteiger partial charge in [0.25, 0.3) is 0 Å². The van der Waals surface area contributed by atoms with Crippen LogP contribution in [-0.2, 0) is 22.6 Å². The van der Waals surface area contributed by atoms with Crippen molar-refractivity contribution >= 4 is 28.8 Å². The van der Waals surface area contributed by atoms with Crippen LogP contribution in [0.1, 0.15) is 16.3 Å². The molecule has 0 bridgehead atoms. The number of nitrogens with zero attached hydrogens (tertiary/aromatic N) is 3. The molecule has 0 unspecified atom stereocenters. The number of piperazine rings is 1. The predicted octanol–water partition coefficient (Wildman–Crippen LogP) is 3.04. The number of benzene rings is 2. The molecule has 0 saturated carbocycles.